The van der Waals surface area contributed by atoms with E-state index in [4.69, 9.17) is 4.42 Å². The van der Waals surface area contributed by atoms with Crippen molar-refractivity contribution >= 4 is 26.9 Å². The van der Waals surface area contributed by atoms with Gasteiger partial charge in [-0.05, 0) is 19.4 Å². The van der Waals surface area contributed by atoms with Crippen molar-refractivity contribution in [1.82, 2.24) is 9.21 Å². The van der Waals surface area contributed by atoms with Crippen LogP contribution in [0, 0.1) is 6.92 Å². The lowest BCUT2D eigenvalue weighted by atomic mass is 10.1. The first-order valence-electron chi connectivity index (χ1n) is 7.60. The van der Waals surface area contributed by atoms with E-state index in [1.165, 1.54) is 10.6 Å². The van der Waals surface area contributed by atoms with Gasteiger partial charge in [0.25, 0.3) is 5.91 Å². The molecule has 2 aromatic rings. The predicted molar refractivity (Wildman–Crippen MR) is 87.9 cm³/mol. The minimum Gasteiger partial charge on any atom is -0.451 e. The Morgan fingerprint density at radius 1 is 1.13 bits per heavy atom. The van der Waals surface area contributed by atoms with Crippen LogP contribution in [0.15, 0.2) is 28.7 Å². The normalized spacial score (nSPS) is 17.4. The Hall–Kier alpha value is -1.86. The molecular formula is C16H20N2O4S. The van der Waals surface area contributed by atoms with E-state index in [-0.39, 0.29) is 5.91 Å². The molecule has 23 heavy (non-hydrogen) atoms. The highest BCUT2D eigenvalue weighted by atomic mass is 32.2. The molecule has 7 heteroatoms. The standard InChI is InChI=1S/C16H20N2O4S/c1-12-13-6-3-4-7-14(13)22-15(12)16(19)17-8-5-9-18(11-10-17)23(2,20)21/h3-4,6-7H,5,8-11H2,1-2H3. The number of benzene rings is 1. The number of carbonyl (C=O) groups is 1. The molecule has 1 aliphatic rings. The number of hydrogen-bond donors (Lipinski definition) is 0. The smallest absolute Gasteiger partial charge is 0.289 e. The molecule has 0 radical (unpaired) electrons. The third kappa shape index (κ3) is 3.11. The lowest BCUT2D eigenvalue weighted by molar-refractivity contribution is 0.0733. The van der Waals surface area contributed by atoms with Crippen LogP contribution in [-0.2, 0) is 10.0 Å². The predicted octanol–water partition coefficient (Wildman–Crippen LogP) is 1.85. The number of aryl methyl sites for hydroxylation is 1. The molecule has 1 amide bonds. The second kappa shape index (κ2) is 5.98. The van der Waals surface area contributed by atoms with Gasteiger partial charge in [-0.25, -0.2) is 12.7 Å². The van der Waals surface area contributed by atoms with Crippen LogP contribution in [-0.4, -0.2) is 56.0 Å². The van der Waals surface area contributed by atoms with Crippen LogP contribution < -0.4 is 0 Å². The fourth-order valence-corrected chi connectivity index (χ4v) is 3.82. The molecule has 0 unspecified atom stereocenters. The van der Waals surface area contributed by atoms with Gasteiger partial charge < -0.3 is 9.32 Å². The zero-order valence-corrected chi connectivity index (χ0v) is 14.1. The zero-order valence-electron chi connectivity index (χ0n) is 13.3. The summed E-state index contributed by atoms with van der Waals surface area (Å²) in [5.41, 5.74) is 1.52. The molecule has 0 N–H and O–H groups in total. The lowest BCUT2D eigenvalue weighted by Gasteiger charge is -2.20. The molecule has 1 saturated heterocycles. The van der Waals surface area contributed by atoms with Gasteiger partial charge in [0.05, 0.1) is 6.26 Å². The number of fused-ring (bicyclic) bond motifs is 1. The Kier molecular flexibility index (Phi) is 4.16. The van der Waals surface area contributed by atoms with Crippen molar-refractivity contribution in [3.63, 3.8) is 0 Å². The van der Waals surface area contributed by atoms with Gasteiger partial charge in [0.1, 0.15) is 5.58 Å². The van der Waals surface area contributed by atoms with Crippen molar-refractivity contribution in [3.8, 4) is 0 Å². The van der Waals surface area contributed by atoms with Crippen LogP contribution in [0.25, 0.3) is 11.0 Å². The highest BCUT2D eigenvalue weighted by molar-refractivity contribution is 7.88. The minimum absolute atomic E-state index is 0.172. The maximum atomic E-state index is 12.8. The number of nitrogens with zero attached hydrogens (tertiary/aromatic N) is 2. The van der Waals surface area contributed by atoms with Crippen LogP contribution in [0.1, 0.15) is 22.5 Å². The summed E-state index contributed by atoms with van der Waals surface area (Å²) in [5, 5.41) is 0.934. The largest absolute Gasteiger partial charge is 0.451 e. The van der Waals surface area contributed by atoms with E-state index in [2.05, 4.69) is 0 Å². The number of hydrogen-bond acceptors (Lipinski definition) is 4. The summed E-state index contributed by atoms with van der Waals surface area (Å²) in [7, 11) is -3.22. The number of rotatable bonds is 2. The summed E-state index contributed by atoms with van der Waals surface area (Å²) < 4.78 is 30.5. The Balaban J connectivity index is 1.84. The van der Waals surface area contributed by atoms with Crippen molar-refractivity contribution in [3.05, 3.63) is 35.6 Å². The Morgan fingerprint density at radius 3 is 2.57 bits per heavy atom. The molecule has 0 aliphatic carbocycles. The quantitative estimate of drug-likeness (QED) is 0.839. The number of furan rings is 1. The summed E-state index contributed by atoms with van der Waals surface area (Å²) in [5.74, 6) is 0.174. The molecule has 0 saturated carbocycles. The van der Waals surface area contributed by atoms with Gasteiger partial charge in [-0.15, -0.1) is 0 Å². The van der Waals surface area contributed by atoms with Gasteiger partial charge in [0.15, 0.2) is 5.76 Å². The average Bonchev–Trinajstić information content (AvgIpc) is 2.70. The minimum atomic E-state index is -3.22. The number of amides is 1. The van der Waals surface area contributed by atoms with Crippen LogP contribution in [0.3, 0.4) is 0 Å². The molecule has 3 rings (SSSR count). The van der Waals surface area contributed by atoms with Gasteiger partial charge in [-0.1, -0.05) is 18.2 Å². The first kappa shape index (κ1) is 16.0. The third-order valence-corrected chi connectivity index (χ3v) is 5.55. The average molecular weight is 336 g/mol. The molecule has 1 aliphatic heterocycles. The van der Waals surface area contributed by atoms with Gasteiger partial charge in [-0.3, -0.25) is 4.79 Å². The number of para-hydroxylation sites is 1. The van der Waals surface area contributed by atoms with E-state index in [0.29, 0.717) is 43.9 Å². The van der Waals surface area contributed by atoms with E-state index in [9.17, 15) is 13.2 Å². The van der Waals surface area contributed by atoms with E-state index < -0.39 is 10.0 Å². The molecule has 124 valence electrons. The van der Waals surface area contributed by atoms with Crippen LogP contribution in [0.5, 0.6) is 0 Å². The van der Waals surface area contributed by atoms with Crippen molar-refractivity contribution < 1.29 is 17.6 Å². The van der Waals surface area contributed by atoms with Crippen molar-refractivity contribution in [1.29, 1.82) is 0 Å². The maximum absolute atomic E-state index is 12.8. The molecule has 1 aromatic carbocycles. The highest BCUT2D eigenvalue weighted by Gasteiger charge is 2.27. The van der Waals surface area contributed by atoms with Crippen LogP contribution in [0.2, 0.25) is 0 Å². The van der Waals surface area contributed by atoms with Crippen LogP contribution in [0.4, 0.5) is 0 Å². The molecule has 0 spiro atoms. The molecule has 6 nitrogen and oxygen atoms in total. The van der Waals surface area contributed by atoms with Crippen molar-refractivity contribution in [2.45, 2.75) is 13.3 Å². The fourth-order valence-electron chi connectivity index (χ4n) is 2.95. The van der Waals surface area contributed by atoms with E-state index in [1.54, 1.807) is 4.90 Å². The lowest BCUT2D eigenvalue weighted by Crippen LogP contribution is -2.37. The maximum Gasteiger partial charge on any atom is 0.289 e. The molecule has 0 bridgehead atoms. The third-order valence-electron chi connectivity index (χ3n) is 4.25. The van der Waals surface area contributed by atoms with Gasteiger partial charge in [-0.2, -0.15) is 0 Å². The van der Waals surface area contributed by atoms with Gasteiger partial charge in [0.2, 0.25) is 10.0 Å². The monoisotopic (exact) mass is 336 g/mol. The first-order valence-corrected chi connectivity index (χ1v) is 9.45. The van der Waals surface area contributed by atoms with Crippen LogP contribution >= 0.6 is 0 Å². The Morgan fingerprint density at radius 2 is 1.87 bits per heavy atom. The second-order valence-corrected chi connectivity index (χ2v) is 7.84. The summed E-state index contributed by atoms with van der Waals surface area (Å²) in [6.07, 6.45) is 1.83. The Bertz CT molecular complexity index is 841. The highest BCUT2D eigenvalue weighted by Crippen LogP contribution is 2.26. The zero-order chi connectivity index (χ0) is 16.6. The summed E-state index contributed by atoms with van der Waals surface area (Å²) in [6, 6.07) is 7.55. The van der Waals surface area contributed by atoms with Gasteiger partial charge >= 0.3 is 0 Å². The summed E-state index contributed by atoms with van der Waals surface area (Å²) in [6.45, 7) is 3.55. The van der Waals surface area contributed by atoms with Gasteiger partial charge in [0, 0.05) is 37.1 Å². The number of sulfonamides is 1. The van der Waals surface area contributed by atoms with E-state index in [1.807, 2.05) is 31.2 Å². The molecular weight excluding hydrogens is 316 g/mol. The summed E-state index contributed by atoms with van der Waals surface area (Å²) >= 11 is 0. The SMILES string of the molecule is Cc1c(C(=O)N2CCCN(S(C)(=O)=O)CC2)oc2ccccc12. The van der Waals surface area contributed by atoms with Crippen molar-refractivity contribution in [2.24, 2.45) is 0 Å². The van der Waals surface area contributed by atoms with E-state index >= 15 is 0 Å². The molecule has 0 atom stereocenters. The number of carbonyl (C=O) groups excluding carboxylic acids is 1. The van der Waals surface area contributed by atoms with E-state index in [0.717, 1.165) is 10.9 Å². The van der Waals surface area contributed by atoms with Crippen molar-refractivity contribution in [2.75, 3.05) is 32.4 Å². The molecule has 1 aromatic heterocycles. The summed E-state index contributed by atoms with van der Waals surface area (Å²) in [4.78, 5) is 14.4. The second-order valence-electron chi connectivity index (χ2n) is 5.86. The molecule has 1 fully saturated rings. The topological polar surface area (TPSA) is 70.8 Å². The molecule has 2 heterocycles. The Labute approximate surface area is 135 Å². The first-order chi connectivity index (χ1) is 10.9. The fraction of sp³-hybridized carbons (Fsp3) is 0.438.